The lowest BCUT2D eigenvalue weighted by Gasteiger charge is -2.27. The van der Waals surface area contributed by atoms with Crippen molar-refractivity contribution in [3.05, 3.63) is 0 Å². The second-order valence-electron chi connectivity index (χ2n) is 6.09. The molecule has 0 bridgehead atoms. The Morgan fingerprint density at radius 2 is 1.88 bits per heavy atom. The van der Waals surface area contributed by atoms with Gasteiger partial charge in [-0.1, -0.05) is 6.42 Å². The van der Waals surface area contributed by atoms with Gasteiger partial charge in [0.1, 0.15) is 0 Å². The van der Waals surface area contributed by atoms with Crippen molar-refractivity contribution in [2.75, 3.05) is 6.54 Å². The fraction of sp³-hybridized carbons (Fsp3) is 1.00. The molecule has 0 aromatic rings. The summed E-state index contributed by atoms with van der Waals surface area (Å²) in [4.78, 5) is 0. The average molecular weight is 223 g/mol. The topological polar surface area (TPSA) is 50.1 Å². The van der Waals surface area contributed by atoms with Crippen molar-refractivity contribution in [1.82, 2.24) is 10.6 Å². The Labute approximate surface area is 98.5 Å². The highest BCUT2D eigenvalue weighted by molar-refractivity contribution is 5.02. The van der Waals surface area contributed by atoms with Crippen LogP contribution in [0.25, 0.3) is 0 Å². The van der Waals surface area contributed by atoms with Gasteiger partial charge < -0.3 is 16.4 Å². The Balaban J connectivity index is 1.33. The SMILES string of the molecule is NC1CCCC(NC2CC2NCC2CC2)C1. The van der Waals surface area contributed by atoms with E-state index >= 15 is 0 Å². The monoisotopic (exact) mass is 223 g/mol. The van der Waals surface area contributed by atoms with Crippen molar-refractivity contribution < 1.29 is 0 Å². The van der Waals surface area contributed by atoms with Gasteiger partial charge >= 0.3 is 0 Å². The molecule has 0 aliphatic heterocycles. The minimum Gasteiger partial charge on any atom is -0.328 e. The Morgan fingerprint density at radius 1 is 1.00 bits per heavy atom. The maximum absolute atomic E-state index is 6.01. The highest BCUT2D eigenvalue weighted by Crippen LogP contribution is 2.30. The first-order chi connectivity index (χ1) is 7.81. The summed E-state index contributed by atoms with van der Waals surface area (Å²) in [5.41, 5.74) is 6.01. The number of hydrogen-bond acceptors (Lipinski definition) is 3. The molecule has 4 atom stereocenters. The zero-order valence-corrected chi connectivity index (χ0v) is 10.1. The summed E-state index contributed by atoms with van der Waals surface area (Å²) < 4.78 is 0. The van der Waals surface area contributed by atoms with Crippen molar-refractivity contribution >= 4 is 0 Å². The van der Waals surface area contributed by atoms with Crippen molar-refractivity contribution in [3.63, 3.8) is 0 Å². The van der Waals surface area contributed by atoms with E-state index in [9.17, 15) is 0 Å². The van der Waals surface area contributed by atoms with Gasteiger partial charge in [0.05, 0.1) is 0 Å². The highest BCUT2D eigenvalue weighted by Gasteiger charge is 2.39. The van der Waals surface area contributed by atoms with Crippen LogP contribution in [0.5, 0.6) is 0 Å². The van der Waals surface area contributed by atoms with Gasteiger partial charge in [0, 0.05) is 24.2 Å². The van der Waals surface area contributed by atoms with Gasteiger partial charge in [0.2, 0.25) is 0 Å². The van der Waals surface area contributed by atoms with Gasteiger partial charge in [-0.2, -0.15) is 0 Å². The molecule has 3 rings (SSSR count). The van der Waals surface area contributed by atoms with Crippen LogP contribution in [-0.4, -0.2) is 30.7 Å². The molecule has 3 fully saturated rings. The standard InChI is InChI=1S/C13H25N3/c14-10-2-1-3-11(6-10)16-13-7-12(13)15-8-9-4-5-9/h9-13,15-16H,1-8,14H2. The van der Waals surface area contributed by atoms with Crippen LogP contribution in [0.3, 0.4) is 0 Å². The van der Waals surface area contributed by atoms with E-state index in [2.05, 4.69) is 10.6 Å². The van der Waals surface area contributed by atoms with Gasteiger partial charge in [-0.3, -0.25) is 0 Å². The van der Waals surface area contributed by atoms with Crippen LogP contribution in [0.1, 0.15) is 44.9 Å². The summed E-state index contributed by atoms with van der Waals surface area (Å²) in [5, 5.41) is 7.45. The molecule has 0 radical (unpaired) electrons. The van der Waals surface area contributed by atoms with E-state index in [1.807, 2.05) is 0 Å². The molecule has 3 heteroatoms. The van der Waals surface area contributed by atoms with Crippen molar-refractivity contribution in [2.45, 2.75) is 69.1 Å². The van der Waals surface area contributed by atoms with Crippen LogP contribution >= 0.6 is 0 Å². The zero-order chi connectivity index (χ0) is 11.0. The second kappa shape index (κ2) is 4.63. The van der Waals surface area contributed by atoms with E-state index in [4.69, 9.17) is 5.73 Å². The van der Waals surface area contributed by atoms with Crippen LogP contribution < -0.4 is 16.4 Å². The molecule has 92 valence electrons. The predicted octanol–water partition coefficient (Wildman–Crippen LogP) is 0.986. The summed E-state index contributed by atoms with van der Waals surface area (Å²) in [7, 11) is 0. The average Bonchev–Trinajstić information content (AvgIpc) is 3.10. The molecule has 0 saturated heterocycles. The second-order valence-corrected chi connectivity index (χ2v) is 6.09. The van der Waals surface area contributed by atoms with Crippen LogP contribution in [0.15, 0.2) is 0 Å². The Bertz CT molecular complexity index is 239. The molecule has 4 unspecified atom stereocenters. The van der Waals surface area contributed by atoms with Gasteiger partial charge in [-0.15, -0.1) is 0 Å². The Morgan fingerprint density at radius 3 is 2.62 bits per heavy atom. The maximum Gasteiger partial charge on any atom is 0.0239 e. The highest BCUT2D eigenvalue weighted by atomic mass is 15.1. The van der Waals surface area contributed by atoms with E-state index in [1.54, 1.807) is 0 Å². The lowest BCUT2D eigenvalue weighted by molar-refractivity contribution is 0.334. The summed E-state index contributed by atoms with van der Waals surface area (Å²) in [6.45, 7) is 1.26. The number of rotatable bonds is 5. The van der Waals surface area contributed by atoms with Gasteiger partial charge in [-0.05, 0) is 51.0 Å². The Kier molecular flexibility index (Phi) is 3.18. The molecule has 0 spiro atoms. The fourth-order valence-corrected chi connectivity index (χ4v) is 2.93. The Hall–Kier alpha value is -0.120. The lowest BCUT2D eigenvalue weighted by Crippen LogP contribution is -2.42. The smallest absolute Gasteiger partial charge is 0.0239 e. The molecule has 0 aromatic carbocycles. The minimum atomic E-state index is 0.447. The lowest BCUT2D eigenvalue weighted by atomic mass is 9.91. The maximum atomic E-state index is 6.01. The van der Waals surface area contributed by atoms with Crippen LogP contribution in [0.4, 0.5) is 0 Å². The predicted molar refractivity (Wildman–Crippen MR) is 66.3 cm³/mol. The molecule has 0 aromatic heterocycles. The number of nitrogens with two attached hydrogens (primary N) is 1. The van der Waals surface area contributed by atoms with E-state index < -0.39 is 0 Å². The van der Waals surface area contributed by atoms with E-state index in [-0.39, 0.29) is 0 Å². The normalized spacial score (nSPS) is 43.3. The molecule has 0 heterocycles. The first-order valence-corrected chi connectivity index (χ1v) is 7.06. The quantitative estimate of drug-likeness (QED) is 0.651. The summed E-state index contributed by atoms with van der Waals surface area (Å²) in [5.74, 6) is 1.00. The van der Waals surface area contributed by atoms with Gasteiger partial charge in [0.25, 0.3) is 0 Å². The largest absolute Gasteiger partial charge is 0.328 e. The molecular weight excluding hydrogens is 198 g/mol. The van der Waals surface area contributed by atoms with Crippen molar-refractivity contribution in [2.24, 2.45) is 11.7 Å². The molecule has 3 aliphatic rings. The van der Waals surface area contributed by atoms with Crippen LogP contribution in [0.2, 0.25) is 0 Å². The summed E-state index contributed by atoms with van der Waals surface area (Å²) >= 11 is 0. The molecule has 16 heavy (non-hydrogen) atoms. The van der Waals surface area contributed by atoms with E-state index in [0.29, 0.717) is 12.1 Å². The third-order valence-corrected chi connectivity index (χ3v) is 4.32. The third-order valence-electron chi connectivity index (χ3n) is 4.32. The van der Waals surface area contributed by atoms with Crippen molar-refractivity contribution in [1.29, 1.82) is 0 Å². The summed E-state index contributed by atoms with van der Waals surface area (Å²) in [6, 6.07) is 2.65. The first kappa shape index (κ1) is 11.0. The minimum absolute atomic E-state index is 0.447. The molecule has 3 saturated carbocycles. The molecule has 3 nitrogen and oxygen atoms in total. The zero-order valence-electron chi connectivity index (χ0n) is 10.1. The molecule has 3 aliphatic carbocycles. The number of hydrogen-bond donors (Lipinski definition) is 3. The fourth-order valence-electron chi connectivity index (χ4n) is 2.93. The van der Waals surface area contributed by atoms with E-state index in [0.717, 1.165) is 18.0 Å². The van der Waals surface area contributed by atoms with Crippen molar-refractivity contribution in [3.8, 4) is 0 Å². The first-order valence-electron chi connectivity index (χ1n) is 7.06. The molecule has 0 amide bonds. The number of nitrogens with one attached hydrogen (secondary N) is 2. The third kappa shape index (κ3) is 2.96. The molecule has 4 N–H and O–H groups in total. The van der Waals surface area contributed by atoms with Crippen LogP contribution in [0, 0.1) is 5.92 Å². The molecular formula is C13H25N3. The summed E-state index contributed by atoms with van der Waals surface area (Å²) in [6.07, 6.45) is 9.30. The van der Waals surface area contributed by atoms with Gasteiger partial charge in [-0.25, -0.2) is 0 Å². The van der Waals surface area contributed by atoms with Gasteiger partial charge in [0.15, 0.2) is 0 Å². The van der Waals surface area contributed by atoms with E-state index in [1.165, 1.54) is 51.5 Å². The van der Waals surface area contributed by atoms with Crippen LogP contribution in [-0.2, 0) is 0 Å².